The fourth-order valence-electron chi connectivity index (χ4n) is 4.40. The number of carbonyl (C=O) groups excluding carboxylic acids is 2. The minimum Gasteiger partial charge on any atom is -0.461 e. The second kappa shape index (κ2) is 13.8. The minimum absolute atomic E-state index is 0.0105. The Labute approximate surface area is 240 Å². The van der Waals surface area contributed by atoms with Crippen molar-refractivity contribution in [3.8, 4) is 11.1 Å². The lowest BCUT2D eigenvalue weighted by molar-refractivity contribution is 0.0514. The zero-order chi connectivity index (χ0) is 29.2. The van der Waals surface area contributed by atoms with Crippen LogP contribution in [0.4, 0.5) is 4.79 Å². The molecule has 0 aliphatic rings. The second-order valence-corrected chi connectivity index (χ2v) is 11.1. The van der Waals surface area contributed by atoms with Gasteiger partial charge in [-0.3, -0.25) is 0 Å². The smallest absolute Gasteiger partial charge is 0.356 e. The Balaban J connectivity index is 1.53. The molecule has 9 nitrogen and oxygen atoms in total. The molecule has 1 heterocycles. The number of esters is 1. The van der Waals surface area contributed by atoms with E-state index in [2.05, 4.69) is 21.9 Å². The van der Waals surface area contributed by atoms with Crippen molar-refractivity contribution in [1.29, 1.82) is 0 Å². The molecule has 214 valence electrons. The third kappa shape index (κ3) is 7.61. The van der Waals surface area contributed by atoms with Gasteiger partial charge in [-0.25, -0.2) is 27.7 Å². The maximum atomic E-state index is 13.2. The van der Waals surface area contributed by atoms with Gasteiger partial charge in [0.05, 0.1) is 17.7 Å². The number of aromatic nitrogens is 2. The Kier molecular flexibility index (Phi) is 9.91. The Hall–Kier alpha value is -4.44. The van der Waals surface area contributed by atoms with Crippen LogP contribution in [0.3, 0.4) is 0 Å². The highest BCUT2D eigenvalue weighted by Gasteiger charge is 2.22. The number of rotatable bonds is 12. The number of unbranched alkanes of at least 4 members (excludes halogenated alkanes) is 1. The van der Waals surface area contributed by atoms with Gasteiger partial charge in [0, 0.05) is 25.1 Å². The number of ether oxygens (including phenoxy) is 1. The van der Waals surface area contributed by atoms with Crippen LogP contribution in [-0.4, -0.2) is 36.6 Å². The van der Waals surface area contributed by atoms with Gasteiger partial charge in [0.2, 0.25) is 0 Å². The highest BCUT2D eigenvalue weighted by atomic mass is 32.2. The molecule has 4 rings (SSSR count). The number of hydrogen-bond acceptors (Lipinski definition) is 6. The van der Waals surface area contributed by atoms with Crippen molar-refractivity contribution in [3.05, 3.63) is 108 Å². The van der Waals surface area contributed by atoms with E-state index in [0.717, 1.165) is 36.2 Å². The maximum absolute atomic E-state index is 13.2. The van der Waals surface area contributed by atoms with Gasteiger partial charge in [-0.2, -0.15) is 0 Å². The Morgan fingerprint density at radius 1 is 0.902 bits per heavy atom. The number of sulfonamides is 1. The second-order valence-electron chi connectivity index (χ2n) is 9.44. The summed E-state index contributed by atoms with van der Waals surface area (Å²) < 4.78 is 35.6. The van der Waals surface area contributed by atoms with Gasteiger partial charge in [-0.05, 0) is 36.1 Å². The summed E-state index contributed by atoms with van der Waals surface area (Å²) in [6, 6.07) is 22.4. The van der Waals surface area contributed by atoms with Crippen molar-refractivity contribution in [2.24, 2.45) is 0 Å². The van der Waals surface area contributed by atoms with Crippen LogP contribution >= 0.6 is 0 Å². The van der Waals surface area contributed by atoms with Crippen LogP contribution in [0.2, 0.25) is 0 Å². The van der Waals surface area contributed by atoms with E-state index in [0.29, 0.717) is 23.4 Å². The summed E-state index contributed by atoms with van der Waals surface area (Å²) in [5.41, 5.74) is 3.29. The lowest BCUT2D eigenvalue weighted by Gasteiger charge is -2.14. The molecule has 10 heteroatoms. The summed E-state index contributed by atoms with van der Waals surface area (Å²) in [5.74, 6) is 0.394. The number of nitrogens with zero attached hydrogens (tertiary/aromatic N) is 2. The first-order valence-electron chi connectivity index (χ1n) is 13.6. The normalized spacial score (nSPS) is 11.2. The van der Waals surface area contributed by atoms with Crippen molar-refractivity contribution in [3.63, 3.8) is 0 Å². The van der Waals surface area contributed by atoms with Crippen molar-refractivity contribution in [2.45, 2.75) is 51.1 Å². The molecule has 0 aliphatic heterocycles. The third-order valence-electron chi connectivity index (χ3n) is 6.48. The van der Waals surface area contributed by atoms with E-state index in [4.69, 9.17) is 4.74 Å². The van der Waals surface area contributed by atoms with E-state index >= 15 is 0 Å². The van der Waals surface area contributed by atoms with E-state index in [1.807, 2.05) is 59.2 Å². The molecule has 1 aromatic heterocycles. The van der Waals surface area contributed by atoms with Crippen LogP contribution in [0.25, 0.3) is 11.1 Å². The predicted octanol–water partition coefficient (Wildman–Crippen LogP) is 5.31. The lowest BCUT2D eigenvalue weighted by atomic mass is 10.0. The maximum Gasteiger partial charge on any atom is 0.356 e. The van der Waals surface area contributed by atoms with Crippen LogP contribution in [0, 0.1) is 0 Å². The van der Waals surface area contributed by atoms with Crippen molar-refractivity contribution >= 4 is 22.0 Å². The molecule has 0 radical (unpaired) electrons. The zero-order valence-corrected chi connectivity index (χ0v) is 24.0. The van der Waals surface area contributed by atoms with Gasteiger partial charge < -0.3 is 14.6 Å². The standard InChI is InChI=1S/C31H34N4O5S/c1-3-5-15-29-32-21-27(30(36)40-4-2)35(29)22-24-16-18-25(19-17-24)26-13-9-10-14-28(26)41(38,39)34-31(37)33-20-23-11-7-6-8-12-23/h6-14,16-19,21H,3-5,15,20,22H2,1-2H3,(H2,33,34,37). The molecular formula is C31H34N4O5S. The van der Waals surface area contributed by atoms with Gasteiger partial charge >= 0.3 is 12.0 Å². The monoisotopic (exact) mass is 574 g/mol. The number of imidazole rings is 1. The first kappa shape index (κ1) is 29.5. The van der Waals surface area contributed by atoms with Crippen LogP contribution < -0.4 is 10.0 Å². The third-order valence-corrected chi connectivity index (χ3v) is 7.87. The fourth-order valence-corrected chi connectivity index (χ4v) is 5.56. The number of hydrogen-bond donors (Lipinski definition) is 2. The molecule has 0 spiro atoms. The predicted molar refractivity (Wildman–Crippen MR) is 157 cm³/mol. The average molecular weight is 575 g/mol. The summed E-state index contributed by atoms with van der Waals surface area (Å²) in [6.45, 7) is 4.74. The lowest BCUT2D eigenvalue weighted by Crippen LogP contribution is -2.39. The van der Waals surface area contributed by atoms with Gasteiger partial charge in [0.15, 0.2) is 0 Å². The fraction of sp³-hybridized carbons (Fsp3) is 0.258. The quantitative estimate of drug-likeness (QED) is 0.222. The summed E-state index contributed by atoms with van der Waals surface area (Å²) in [6.07, 6.45) is 4.25. The summed E-state index contributed by atoms with van der Waals surface area (Å²) in [5, 5.41) is 2.58. The number of carbonyl (C=O) groups is 2. The van der Waals surface area contributed by atoms with Crippen LogP contribution in [0.5, 0.6) is 0 Å². The zero-order valence-electron chi connectivity index (χ0n) is 23.2. The van der Waals surface area contributed by atoms with Crippen LogP contribution in [-0.2, 0) is 34.3 Å². The molecule has 2 N–H and O–H groups in total. The first-order valence-corrected chi connectivity index (χ1v) is 15.0. The molecule has 2 amide bonds. The van der Waals surface area contributed by atoms with Crippen LogP contribution in [0.15, 0.2) is 90.0 Å². The summed E-state index contributed by atoms with van der Waals surface area (Å²) in [4.78, 5) is 29.4. The summed E-state index contributed by atoms with van der Waals surface area (Å²) in [7, 11) is -4.15. The number of nitrogens with one attached hydrogen (secondary N) is 2. The van der Waals surface area contributed by atoms with Crippen LogP contribution in [0.1, 0.15) is 54.1 Å². The molecule has 0 fully saturated rings. The molecule has 0 atom stereocenters. The van der Waals surface area contributed by atoms with E-state index in [1.54, 1.807) is 31.3 Å². The van der Waals surface area contributed by atoms with Gasteiger partial charge in [-0.15, -0.1) is 0 Å². The molecular weight excluding hydrogens is 540 g/mol. The number of amides is 2. The highest BCUT2D eigenvalue weighted by Crippen LogP contribution is 2.28. The Morgan fingerprint density at radius 2 is 1.61 bits per heavy atom. The van der Waals surface area contributed by atoms with E-state index in [9.17, 15) is 18.0 Å². The summed E-state index contributed by atoms with van der Waals surface area (Å²) >= 11 is 0. The first-order chi connectivity index (χ1) is 19.8. The van der Waals surface area contributed by atoms with Crippen molar-refractivity contribution in [1.82, 2.24) is 19.6 Å². The molecule has 3 aromatic carbocycles. The van der Waals surface area contributed by atoms with E-state index in [-0.39, 0.29) is 18.0 Å². The van der Waals surface area contributed by atoms with Gasteiger partial charge in [0.1, 0.15) is 11.5 Å². The Morgan fingerprint density at radius 3 is 2.32 bits per heavy atom. The largest absolute Gasteiger partial charge is 0.461 e. The SMILES string of the molecule is CCCCc1ncc(C(=O)OCC)n1Cc1ccc(-c2ccccc2S(=O)(=O)NC(=O)NCc2ccccc2)cc1. The molecule has 0 aliphatic carbocycles. The topological polar surface area (TPSA) is 119 Å². The van der Waals surface area contributed by atoms with E-state index in [1.165, 1.54) is 6.07 Å². The van der Waals surface area contributed by atoms with Gasteiger partial charge in [-0.1, -0.05) is 86.1 Å². The molecule has 4 aromatic rings. The molecule has 0 unspecified atom stereocenters. The number of benzene rings is 3. The average Bonchev–Trinajstić information content (AvgIpc) is 3.38. The van der Waals surface area contributed by atoms with Crippen molar-refractivity contribution in [2.75, 3.05) is 6.61 Å². The molecule has 0 bridgehead atoms. The van der Waals surface area contributed by atoms with Gasteiger partial charge in [0.25, 0.3) is 10.0 Å². The van der Waals surface area contributed by atoms with E-state index < -0.39 is 22.0 Å². The number of aryl methyl sites for hydroxylation is 1. The molecule has 0 saturated heterocycles. The molecule has 0 saturated carbocycles. The highest BCUT2D eigenvalue weighted by molar-refractivity contribution is 7.90. The molecule has 41 heavy (non-hydrogen) atoms. The van der Waals surface area contributed by atoms with Crippen molar-refractivity contribution < 1.29 is 22.7 Å². The Bertz CT molecular complexity index is 1580. The minimum atomic E-state index is -4.15. The number of urea groups is 1.